The summed E-state index contributed by atoms with van der Waals surface area (Å²) in [7, 11) is 3.62. The third kappa shape index (κ3) is 3.98. The molecule has 110 valence electrons. The van der Waals surface area contributed by atoms with Crippen molar-refractivity contribution in [1.29, 1.82) is 0 Å². The molecule has 2 rings (SSSR count). The molecule has 0 aliphatic carbocycles. The highest BCUT2D eigenvalue weighted by Crippen LogP contribution is 2.08. The van der Waals surface area contributed by atoms with Crippen LogP contribution in [0.2, 0.25) is 0 Å². The summed E-state index contributed by atoms with van der Waals surface area (Å²) in [6.07, 6.45) is 0. The van der Waals surface area contributed by atoms with Gasteiger partial charge in [0, 0.05) is 26.3 Å². The maximum atomic E-state index is 13.1. The average molecular weight is 288 g/mol. The highest BCUT2D eigenvalue weighted by Gasteiger charge is 2.11. The van der Waals surface area contributed by atoms with Gasteiger partial charge in [-0.3, -0.25) is 4.79 Å². The van der Waals surface area contributed by atoms with Gasteiger partial charge in [-0.25, -0.2) is 14.4 Å². The number of nitrogens with zero attached hydrogens (tertiary/aromatic N) is 3. The first-order chi connectivity index (χ1) is 9.95. The maximum Gasteiger partial charge on any atom is 0.270 e. The van der Waals surface area contributed by atoms with E-state index in [-0.39, 0.29) is 18.3 Å². The molecule has 0 radical (unpaired) electrons. The number of carbonyl (C=O) groups is 1. The first-order valence-corrected chi connectivity index (χ1v) is 6.51. The van der Waals surface area contributed by atoms with Gasteiger partial charge < -0.3 is 10.2 Å². The normalized spacial score (nSPS) is 10.3. The number of hydrogen-bond donors (Lipinski definition) is 1. The Kier molecular flexibility index (Phi) is 4.47. The third-order valence-corrected chi connectivity index (χ3v) is 2.82. The van der Waals surface area contributed by atoms with E-state index < -0.39 is 0 Å². The summed E-state index contributed by atoms with van der Waals surface area (Å²) >= 11 is 0. The van der Waals surface area contributed by atoms with Gasteiger partial charge in [-0.15, -0.1) is 0 Å². The van der Waals surface area contributed by atoms with Gasteiger partial charge in [0.05, 0.1) is 0 Å². The van der Waals surface area contributed by atoms with Gasteiger partial charge in [-0.1, -0.05) is 12.1 Å². The lowest BCUT2D eigenvalue weighted by molar-refractivity contribution is 0.0945. The number of rotatable bonds is 4. The zero-order valence-corrected chi connectivity index (χ0v) is 12.2. The molecule has 6 heteroatoms. The number of carbonyl (C=O) groups excluding carboxylic acids is 1. The molecule has 0 aliphatic rings. The number of aromatic nitrogens is 2. The molecular formula is C15H17FN4O. The summed E-state index contributed by atoms with van der Waals surface area (Å²) in [6.45, 7) is 2.05. The van der Waals surface area contributed by atoms with E-state index in [0.717, 1.165) is 0 Å². The van der Waals surface area contributed by atoms with Gasteiger partial charge in [0.15, 0.2) is 0 Å². The average Bonchev–Trinajstić information content (AvgIpc) is 2.44. The second kappa shape index (κ2) is 6.30. The van der Waals surface area contributed by atoms with Crippen molar-refractivity contribution >= 4 is 11.9 Å². The van der Waals surface area contributed by atoms with E-state index in [9.17, 15) is 9.18 Å². The van der Waals surface area contributed by atoms with Crippen molar-refractivity contribution in [3.63, 3.8) is 0 Å². The Labute approximate surface area is 122 Å². The van der Waals surface area contributed by atoms with Crippen molar-refractivity contribution < 1.29 is 9.18 Å². The van der Waals surface area contributed by atoms with E-state index in [2.05, 4.69) is 15.3 Å². The van der Waals surface area contributed by atoms with E-state index in [1.807, 2.05) is 14.1 Å². The highest BCUT2D eigenvalue weighted by molar-refractivity contribution is 5.92. The number of amides is 1. The summed E-state index contributed by atoms with van der Waals surface area (Å²) < 4.78 is 13.1. The number of benzene rings is 1. The first-order valence-electron chi connectivity index (χ1n) is 6.51. The zero-order valence-electron chi connectivity index (χ0n) is 12.2. The molecule has 1 N–H and O–H groups in total. The van der Waals surface area contributed by atoms with Crippen LogP contribution in [0.4, 0.5) is 10.3 Å². The van der Waals surface area contributed by atoms with E-state index in [1.54, 1.807) is 30.0 Å². The van der Waals surface area contributed by atoms with Crippen LogP contribution < -0.4 is 10.2 Å². The summed E-state index contributed by atoms with van der Waals surface area (Å²) in [5.74, 6) is -0.159. The van der Waals surface area contributed by atoms with Crippen LogP contribution in [0.5, 0.6) is 0 Å². The monoisotopic (exact) mass is 288 g/mol. The fraction of sp³-hybridized carbons (Fsp3) is 0.267. The Morgan fingerprint density at radius 2 is 2.05 bits per heavy atom. The molecule has 1 heterocycles. The molecule has 0 atom stereocenters. The molecular weight excluding hydrogens is 271 g/mol. The number of nitrogens with one attached hydrogen (secondary N) is 1. The Hall–Kier alpha value is -2.50. The van der Waals surface area contributed by atoms with Crippen LogP contribution in [0, 0.1) is 12.7 Å². The third-order valence-electron chi connectivity index (χ3n) is 2.82. The first kappa shape index (κ1) is 14.9. The molecule has 21 heavy (non-hydrogen) atoms. The van der Waals surface area contributed by atoms with Gasteiger partial charge in [0.2, 0.25) is 5.95 Å². The van der Waals surface area contributed by atoms with E-state index >= 15 is 0 Å². The van der Waals surface area contributed by atoms with Crippen molar-refractivity contribution in [2.24, 2.45) is 0 Å². The largest absolute Gasteiger partial charge is 0.347 e. The van der Waals surface area contributed by atoms with Gasteiger partial charge in [0.1, 0.15) is 11.5 Å². The quantitative estimate of drug-likeness (QED) is 0.934. The smallest absolute Gasteiger partial charge is 0.270 e. The number of anilines is 1. The molecule has 1 aromatic carbocycles. The number of halogens is 1. The Morgan fingerprint density at radius 3 is 2.71 bits per heavy atom. The lowest BCUT2D eigenvalue weighted by atomic mass is 10.2. The Balaban J connectivity index is 2.10. The van der Waals surface area contributed by atoms with Crippen LogP contribution in [-0.4, -0.2) is 30.0 Å². The van der Waals surface area contributed by atoms with Crippen LogP contribution >= 0.6 is 0 Å². The molecule has 0 unspecified atom stereocenters. The van der Waals surface area contributed by atoms with Crippen LogP contribution in [0.25, 0.3) is 0 Å². The molecule has 0 saturated heterocycles. The van der Waals surface area contributed by atoms with Crippen LogP contribution in [0.3, 0.4) is 0 Å². The molecule has 2 aromatic rings. The summed E-state index contributed by atoms with van der Waals surface area (Å²) in [5, 5.41) is 2.72. The predicted octanol–water partition coefficient (Wildman–Crippen LogP) is 1.92. The zero-order chi connectivity index (χ0) is 15.4. The molecule has 5 nitrogen and oxygen atoms in total. The van der Waals surface area contributed by atoms with Gasteiger partial charge in [-0.05, 0) is 30.7 Å². The minimum absolute atomic E-state index is 0.247. The molecule has 0 bridgehead atoms. The minimum Gasteiger partial charge on any atom is -0.347 e. The van der Waals surface area contributed by atoms with Crippen molar-refractivity contribution in [2.75, 3.05) is 19.0 Å². The van der Waals surface area contributed by atoms with Gasteiger partial charge in [0.25, 0.3) is 5.91 Å². The number of hydrogen-bond acceptors (Lipinski definition) is 4. The van der Waals surface area contributed by atoms with Crippen LogP contribution in [0.1, 0.15) is 21.7 Å². The topological polar surface area (TPSA) is 58.1 Å². The second-order valence-corrected chi connectivity index (χ2v) is 4.90. The van der Waals surface area contributed by atoms with E-state index in [1.165, 1.54) is 12.1 Å². The van der Waals surface area contributed by atoms with E-state index in [4.69, 9.17) is 0 Å². The fourth-order valence-corrected chi connectivity index (χ4v) is 1.79. The van der Waals surface area contributed by atoms with Crippen molar-refractivity contribution in [1.82, 2.24) is 15.3 Å². The molecule has 1 amide bonds. The second-order valence-electron chi connectivity index (χ2n) is 4.90. The summed E-state index contributed by atoms with van der Waals surface area (Å²) in [5.41, 5.74) is 1.70. The maximum absolute atomic E-state index is 13.1. The lowest BCUT2D eigenvalue weighted by Gasteiger charge is -2.12. The summed E-state index contributed by atoms with van der Waals surface area (Å²) in [6, 6.07) is 7.72. The molecule has 0 spiro atoms. The summed E-state index contributed by atoms with van der Waals surface area (Å²) in [4.78, 5) is 22.3. The van der Waals surface area contributed by atoms with Gasteiger partial charge in [-0.2, -0.15) is 0 Å². The molecule has 0 saturated carbocycles. The predicted molar refractivity (Wildman–Crippen MR) is 78.7 cm³/mol. The SMILES string of the molecule is Cc1cc(C(=O)NCc2cccc(F)c2)nc(N(C)C)n1. The lowest BCUT2D eigenvalue weighted by Crippen LogP contribution is -2.25. The number of aryl methyl sites for hydroxylation is 1. The Morgan fingerprint density at radius 1 is 1.29 bits per heavy atom. The van der Waals surface area contributed by atoms with Crippen LogP contribution in [0.15, 0.2) is 30.3 Å². The highest BCUT2D eigenvalue weighted by atomic mass is 19.1. The van der Waals surface area contributed by atoms with Crippen molar-refractivity contribution in [3.8, 4) is 0 Å². The Bertz CT molecular complexity index is 658. The molecule has 1 aromatic heterocycles. The van der Waals surface area contributed by atoms with Crippen molar-refractivity contribution in [2.45, 2.75) is 13.5 Å². The van der Waals surface area contributed by atoms with Crippen molar-refractivity contribution in [3.05, 3.63) is 53.1 Å². The van der Waals surface area contributed by atoms with Crippen LogP contribution in [-0.2, 0) is 6.54 Å². The molecule has 0 aliphatic heterocycles. The van der Waals surface area contributed by atoms with E-state index in [0.29, 0.717) is 22.9 Å². The molecule has 0 fully saturated rings. The standard InChI is InChI=1S/C15H17FN4O/c1-10-7-13(19-15(18-10)20(2)3)14(21)17-9-11-5-4-6-12(16)8-11/h4-8H,9H2,1-3H3,(H,17,21). The minimum atomic E-state index is -0.325. The fourth-order valence-electron chi connectivity index (χ4n) is 1.79. The van der Waals surface area contributed by atoms with Gasteiger partial charge >= 0.3 is 0 Å².